The van der Waals surface area contributed by atoms with Crippen LogP contribution >= 0.6 is 0 Å². The van der Waals surface area contributed by atoms with Crippen LogP contribution in [0.15, 0.2) is 42.7 Å². The number of benzene rings is 1. The number of nitrogens with two attached hydrogens (primary N) is 1. The Morgan fingerprint density at radius 3 is 2.93 bits per heavy atom. The van der Waals surface area contributed by atoms with Crippen molar-refractivity contribution in [3.8, 4) is 11.3 Å². The van der Waals surface area contributed by atoms with Crippen molar-refractivity contribution in [2.45, 2.75) is 25.2 Å². The van der Waals surface area contributed by atoms with Gasteiger partial charge in [-0.05, 0) is 6.42 Å². The number of fused-ring (bicyclic) bond motifs is 3. The molecule has 0 spiro atoms. The Bertz CT molecular complexity index is 1020. The van der Waals surface area contributed by atoms with Crippen molar-refractivity contribution in [3.05, 3.63) is 54.0 Å². The molecule has 0 bridgehead atoms. The van der Waals surface area contributed by atoms with E-state index in [0.29, 0.717) is 31.0 Å². The molecule has 9 nitrogen and oxygen atoms in total. The maximum atomic E-state index is 13.3. The summed E-state index contributed by atoms with van der Waals surface area (Å²) in [6.45, 7) is 1.54. The smallest absolute Gasteiger partial charge is 0.257 e. The topological polar surface area (TPSA) is 112 Å². The van der Waals surface area contributed by atoms with Crippen molar-refractivity contribution >= 4 is 11.9 Å². The molecule has 1 fully saturated rings. The number of piperidine rings is 1. The summed E-state index contributed by atoms with van der Waals surface area (Å²) in [5.41, 5.74) is 8.57. The van der Waals surface area contributed by atoms with E-state index in [0.717, 1.165) is 17.7 Å². The molecule has 3 aromatic rings. The van der Waals surface area contributed by atoms with Gasteiger partial charge in [0.25, 0.3) is 5.91 Å². The summed E-state index contributed by atoms with van der Waals surface area (Å²) in [6.07, 6.45) is 3.88. The lowest BCUT2D eigenvalue weighted by Crippen LogP contribution is -2.50. The third kappa shape index (κ3) is 2.80. The third-order valence-electron chi connectivity index (χ3n) is 5.30. The fourth-order valence-corrected chi connectivity index (χ4v) is 3.91. The maximum Gasteiger partial charge on any atom is 0.257 e. The Morgan fingerprint density at radius 2 is 2.07 bits per heavy atom. The molecule has 142 valence electrons. The van der Waals surface area contributed by atoms with Crippen molar-refractivity contribution in [2.75, 3.05) is 18.8 Å². The van der Waals surface area contributed by atoms with E-state index in [-0.39, 0.29) is 24.0 Å². The van der Waals surface area contributed by atoms with Gasteiger partial charge in [-0.3, -0.25) is 4.79 Å². The highest BCUT2D eigenvalue weighted by Gasteiger charge is 2.38. The molecule has 4 heterocycles. The molecular weight excluding hydrogens is 358 g/mol. The SMILES string of the molecule is Nc1ncc(C(=O)N2CC[C@H]3[C@H](C2)OCc2cnnn23)c(-c2ccccc2)n1. The lowest BCUT2D eigenvalue weighted by atomic mass is 9.98. The Balaban J connectivity index is 1.43. The summed E-state index contributed by atoms with van der Waals surface area (Å²) in [7, 11) is 0. The van der Waals surface area contributed by atoms with Crippen molar-refractivity contribution in [1.29, 1.82) is 0 Å². The zero-order chi connectivity index (χ0) is 19.1. The van der Waals surface area contributed by atoms with E-state index in [4.69, 9.17) is 10.5 Å². The van der Waals surface area contributed by atoms with Gasteiger partial charge in [-0.2, -0.15) is 0 Å². The van der Waals surface area contributed by atoms with Crippen LogP contribution in [0.3, 0.4) is 0 Å². The van der Waals surface area contributed by atoms with Crippen molar-refractivity contribution in [2.24, 2.45) is 0 Å². The fraction of sp³-hybridized carbons (Fsp3) is 0.316. The minimum absolute atomic E-state index is 0.103. The minimum atomic E-state index is -0.120. The Kier molecular flexibility index (Phi) is 4.01. The number of ether oxygens (including phenoxy) is 1. The van der Waals surface area contributed by atoms with Crippen molar-refractivity contribution in [3.63, 3.8) is 0 Å². The normalized spacial score (nSPS) is 21.1. The van der Waals surface area contributed by atoms with Gasteiger partial charge in [-0.15, -0.1) is 5.10 Å². The van der Waals surface area contributed by atoms with Crippen LogP contribution in [0, 0.1) is 0 Å². The molecule has 5 rings (SSSR count). The number of anilines is 1. The monoisotopic (exact) mass is 377 g/mol. The predicted molar refractivity (Wildman–Crippen MR) is 100 cm³/mol. The van der Waals surface area contributed by atoms with Crippen LogP contribution in [0.2, 0.25) is 0 Å². The largest absolute Gasteiger partial charge is 0.368 e. The van der Waals surface area contributed by atoms with E-state index in [1.807, 2.05) is 35.0 Å². The summed E-state index contributed by atoms with van der Waals surface area (Å²) in [5, 5.41) is 8.16. The second-order valence-electron chi connectivity index (χ2n) is 6.98. The van der Waals surface area contributed by atoms with Gasteiger partial charge >= 0.3 is 0 Å². The van der Waals surface area contributed by atoms with Gasteiger partial charge in [-0.1, -0.05) is 35.5 Å². The van der Waals surface area contributed by atoms with Gasteiger partial charge in [0.15, 0.2) is 0 Å². The summed E-state index contributed by atoms with van der Waals surface area (Å²) in [5.74, 6) is 0.0220. The first-order valence-corrected chi connectivity index (χ1v) is 9.18. The van der Waals surface area contributed by atoms with Gasteiger partial charge < -0.3 is 15.4 Å². The molecule has 2 aromatic heterocycles. The molecule has 0 saturated carbocycles. The standard InChI is InChI=1S/C19H19N7O2/c20-19-21-9-14(17(23-19)12-4-2-1-3-5-12)18(27)25-7-6-15-16(10-25)28-11-13-8-22-24-26(13)15/h1-5,8-9,15-16H,6-7,10-11H2,(H2,20,21,23)/t15-,16-/m0/s1. The van der Waals surface area contributed by atoms with E-state index < -0.39 is 0 Å². The molecular formula is C19H19N7O2. The van der Waals surface area contributed by atoms with Crippen LogP contribution in [0.4, 0.5) is 5.95 Å². The number of amides is 1. The molecule has 0 radical (unpaired) electrons. The number of aromatic nitrogens is 5. The van der Waals surface area contributed by atoms with Gasteiger partial charge in [0.1, 0.15) is 0 Å². The average molecular weight is 377 g/mol. The second-order valence-corrected chi connectivity index (χ2v) is 6.98. The summed E-state index contributed by atoms with van der Waals surface area (Å²) in [6, 6.07) is 9.63. The molecule has 9 heteroatoms. The highest BCUT2D eigenvalue weighted by molar-refractivity contribution is 5.99. The molecule has 1 saturated heterocycles. The number of nitrogen functional groups attached to an aromatic ring is 1. The van der Waals surface area contributed by atoms with E-state index in [2.05, 4.69) is 20.3 Å². The summed E-state index contributed by atoms with van der Waals surface area (Å²) in [4.78, 5) is 23.5. The van der Waals surface area contributed by atoms with Crippen molar-refractivity contribution in [1.82, 2.24) is 29.9 Å². The van der Waals surface area contributed by atoms with Crippen LogP contribution in [0.25, 0.3) is 11.3 Å². The molecule has 0 aliphatic carbocycles. The van der Waals surface area contributed by atoms with E-state index >= 15 is 0 Å². The second kappa shape index (κ2) is 6.68. The zero-order valence-corrected chi connectivity index (χ0v) is 15.1. The molecule has 28 heavy (non-hydrogen) atoms. The molecule has 2 N–H and O–H groups in total. The fourth-order valence-electron chi connectivity index (χ4n) is 3.91. The van der Waals surface area contributed by atoms with Crippen LogP contribution in [-0.2, 0) is 11.3 Å². The molecule has 2 aliphatic rings. The number of hydrogen-bond acceptors (Lipinski definition) is 7. The number of rotatable bonds is 2. The predicted octanol–water partition coefficient (Wildman–Crippen LogP) is 1.30. The summed E-state index contributed by atoms with van der Waals surface area (Å²) < 4.78 is 7.90. The molecule has 1 aromatic carbocycles. The Labute approximate surface area is 161 Å². The third-order valence-corrected chi connectivity index (χ3v) is 5.30. The number of nitrogens with zero attached hydrogens (tertiary/aromatic N) is 6. The van der Waals surface area contributed by atoms with Gasteiger partial charge in [-0.25, -0.2) is 14.6 Å². The Hall–Kier alpha value is -3.33. The first kappa shape index (κ1) is 16.8. The van der Waals surface area contributed by atoms with Crippen LogP contribution in [0.5, 0.6) is 0 Å². The highest BCUT2D eigenvalue weighted by atomic mass is 16.5. The van der Waals surface area contributed by atoms with Gasteiger partial charge in [0.05, 0.1) is 41.9 Å². The molecule has 0 unspecified atom stereocenters. The zero-order valence-electron chi connectivity index (χ0n) is 15.1. The highest BCUT2D eigenvalue weighted by Crippen LogP contribution is 2.32. The number of hydrogen-bond donors (Lipinski definition) is 1. The first-order valence-electron chi connectivity index (χ1n) is 9.18. The van der Waals surface area contributed by atoms with Gasteiger partial charge in [0.2, 0.25) is 5.95 Å². The summed E-state index contributed by atoms with van der Waals surface area (Å²) >= 11 is 0. The number of carbonyl (C=O) groups excluding carboxylic acids is 1. The van der Waals surface area contributed by atoms with Crippen molar-refractivity contribution < 1.29 is 9.53 Å². The maximum absolute atomic E-state index is 13.3. The van der Waals surface area contributed by atoms with Gasteiger partial charge in [0, 0.05) is 24.8 Å². The Morgan fingerprint density at radius 1 is 1.21 bits per heavy atom. The molecule has 1 amide bonds. The quantitative estimate of drug-likeness (QED) is 0.716. The van der Waals surface area contributed by atoms with Crippen LogP contribution in [0.1, 0.15) is 28.5 Å². The van der Waals surface area contributed by atoms with Crippen LogP contribution < -0.4 is 5.73 Å². The van der Waals surface area contributed by atoms with Crippen LogP contribution in [-0.4, -0.2) is 55.0 Å². The lowest BCUT2D eigenvalue weighted by molar-refractivity contribution is -0.0627. The lowest BCUT2D eigenvalue weighted by Gasteiger charge is -2.41. The van der Waals surface area contributed by atoms with E-state index in [1.54, 1.807) is 11.1 Å². The number of carbonyl (C=O) groups is 1. The van der Waals surface area contributed by atoms with E-state index in [1.165, 1.54) is 6.20 Å². The van der Waals surface area contributed by atoms with E-state index in [9.17, 15) is 4.79 Å². The average Bonchev–Trinajstić information content (AvgIpc) is 3.23. The minimum Gasteiger partial charge on any atom is -0.368 e. The first-order chi connectivity index (χ1) is 13.7. The molecule has 2 atom stereocenters. The molecule has 2 aliphatic heterocycles. The number of likely N-dealkylation sites (tertiary alicyclic amines) is 1.